The lowest BCUT2D eigenvalue weighted by molar-refractivity contribution is 0.0223. The molecule has 0 saturated heterocycles. The number of benzene rings is 6. The summed E-state index contributed by atoms with van der Waals surface area (Å²) in [4.78, 5) is 0. The zero-order chi connectivity index (χ0) is 39.8. The van der Waals surface area contributed by atoms with Crippen LogP contribution in [-0.2, 0) is 18.9 Å². The van der Waals surface area contributed by atoms with Gasteiger partial charge in [0.05, 0.1) is 52.9 Å². The fraction of sp³-hybridized carbons (Fsp3) is 0.308. The first-order valence-corrected chi connectivity index (χ1v) is 21.4. The lowest BCUT2D eigenvalue weighted by Crippen LogP contribution is -2.27. The monoisotopic (exact) mass is 800 g/mol. The minimum absolute atomic E-state index is 0.143. The second-order valence-electron chi connectivity index (χ2n) is 15.9. The van der Waals surface area contributed by atoms with E-state index in [9.17, 15) is 0 Å². The third-order valence-corrected chi connectivity index (χ3v) is 12.7. The minimum atomic E-state index is 0.143. The summed E-state index contributed by atoms with van der Waals surface area (Å²) in [5.74, 6) is 3.44. The molecule has 0 unspecified atom stereocenters. The normalized spacial score (nSPS) is 22.1. The molecule has 60 heavy (non-hydrogen) atoms. The SMILES string of the molecule is c1ccc2c(c1)C1c3ccccc3C2c2cc3c(cc21)OCCOCCOCCOc1cc2c(cc1OCCOCCOCCO3)C1c3ccccc3C2c2ccccc21. The molecule has 0 atom stereocenters. The van der Waals surface area contributed by atoms with Crippen molar-refractivity contribution in [1.29, 1.82) is 0 Å². The highest BCUT2D eigenvalue weighted by atomic mass is 16.6. The first kappa shape index (κ1) is 37.4. The van der Waals surface area contributed by atoms with Gasteiger partial charge in [0.2, 0.25) is 0 Å². The van der Waals surface area contributed by atoms with E-state index >= 15 is 0 Å². The van der Waals surface area contributed by atoms with Crippen molar-refractivity contribution in [1.82, 2.24) is 0 Å². The van der Waals surface area contributed by atoms with Crippen LogP contribution in [0.3, 0.4) is 0 Å². The predicted molar refractivity (Wildman–Crippen MR) is 228 cm³/mol. The number of fused-ring (bicyclic) bond motifs is 2. The molecule has 0 saturated carbocycles. The summed E-state index contributed by atoms with van der Waals surface area (Å²) in [6, 6.07) is 44.1. The van der Waals surface area contributed by atoms with Gasteiger partial charge in [-0.05, 0) is 91.0 Å². The Morgan fingerprint density at radius 1 is 0.233 bits per heavy atom. The first-order valence-electron chi connectivity index (χ1n) is 21.4. The summed E-state index contributed by atoms with van der Waals surface area (Å²) < 4.78 is 49.5. The Labute approximate surface area is 350 Å². The lowest BCUT2D eigenvalue weighted by atomic mass is 9.61. The van der Waals surface area contributed by atoms with Gasteiger partial charge in [0.1, 0.15) is 26.4 Å². The Morgan fingerprint density at radius 2 is 0.417 bits per heavy atom. The van der Waals surface area contributed by atoms with E-state index in [2.05, 4.69) is 121 Å². The molecule has 6 aromatic carbocycles. The van der Waals surface area contributed by atoms with Crippen LogP contribution in [0, 0.1) is 0 Å². The number of hydrogen-bond donors (Lipinski definition) is 0. The molecular formula is C52H48O8. The van der Waals surface area contributed by atoms with Crippen LogP contribution in [-0.4, -0.2) is 79.3 Å². The Bertz CT molecular complexity index is 2090. The van der Waals surface area contributed by atoms with Gasteiger partial charge in [0.25, 0.3) is 0 Å². The smallest absolute Gasteiger partial charge is 0.161 e. The molecule has 0 spiro atoms. The fourth-order valence-electron chi connectivity index (χ4n) is 10.3. The second-order valence-corrected chi connectivity index (χ2v) is 15.9. The molecule has 1 aliphatic heterocycles. The van der Waals surface area contributed by atoms with E-state index in [0.717, 1.165) is 0 Å². The van der Waals surface area contributed by atoms with E-state index in [4.69, 9.17) is 37.9 Å². The van der Waals surface area contributed by atoms with E-state index < -0.39 is 0 Å². The average Bonchev–Trinajstić information content (AvgIpc) is 3.29. The topological polar surface area (TPSA) is 73.8 Å². The largest absolute Gasteiger partial charge is 0.487 e. The maximum atomic E-state index is 6.42. The third kappa shape index (κ3) is 6.63. The zero-order valence-corrected chi connectivity index (χ0v) is 33.6. The van der Waals surface area contributed by atoms with Crippen LogP contribution in [0.4, 0.5) is 0 Å². The van der Waals surface area contributed by atoms with Crippen molar-refractivity contribution < 1.29 is 37.9 Å². The highest BCUT2D eigenvalue weighted by molar-refractivity contribution is 5.71. The van der Waals surface area contributed by atoms with Crippen molar-refractivity contribution in [3.05, 3.63) is 188 Å². The Kier molecular flexibility index (Phi) is 10.2. The molecule has 0 radical (unpaired) electrons. The van der Waals surface area contributed by atoms with Gasteiger partial charge in [0.15, 0.2) is 23.0 Å². The van der Waals surface area contributed by atoms with E-state index in [0.29, 0.717) is 102 Å². The van der Waals surface area contributed by atoms with Gasteiger partial charge in [-0.2, -0.15) is 0 Å². The third-order valence-electron chi connectivity index (χ3n) is 12.7. The molecule has 0 aromatic heterocycles. The van der Waals surface area contributed by atoms with Crippen molar-refractivity contribution in [2.45, 2.75) is 23.7 Å². The molecule has 0 N–H and O–H groups in total. The molecule has 4 bridgehead atoms. The molecule has 1 heterocycles. The van der Waals surface area contributed by atoms with Gasteiger partial charge >= 0.3 is 0 Å². The van der Waals surface area contributed by atoms with E-state index in [-0.39, 0.29) is 23.7 Å². The van der Waals surface area contributed by atoms with Gasteiger partial charge in [-0.25, -0.2) is 0 Å². The number of rotatable bonds is 0. The van der Waals surface area contributed by atoms with Gasteiger partial charge in [-0.3, -0.25) is 0 Å². The maximum absolute atomic E-state index is 6.42. The molecule has 304 valence electrons. The minimum Gasteiger partial charge on any atom is -0.487 e. The van der Waals surface area contributed by atoms with Crippen LogP contribution in [0.15, 0.2) is 121 Å². The molecule has 0 fully saturated rings. The van der Waals surface area contributed by atoms with Crippen molar-refractivity contribution in [3.63, 3.8) is 0 Å². The van der Waals surface area contributed by atoms with Crippen LogP contribution < -0.4 is 18.9 Å². The van der Waals surface area contributed by atoms with Crippen molar-refractivity contribution >= 4 is 0 Å². The molecule has 13 rings (SSSR count). The van der Waals surface area contributed by atoms with Crippen LogP contribution in [0.1, 0.15) is 90.4 Å². The van der Waals surface area contributed by atoms with Gasteiger partial charge < -0.3 is 37.9 Å². The lowest BCUT2D eigenvalue weighted by Gasteiger charge is -2.42. The van der Waals surface area contributed by atoms with Crippen LogP contribution in [0.2, 0.25) is 0 Å². The van der Waals surface area contributed by atoms with Gasteiger partial charge in [-0.15, -0.1) is 0 Å². The van der Waals surface area contributed by atoms with Crippen molar-refractivity contribution in [2.24, 2.45) is 0 Å². The van der Waals surface area contributed by atoms with Crippen molar-refractivity contribution in [2.75, 3.05) is 79.3 Å². The van der Waals surface area contributed by atoms with Crippen LogP contribution in [0.25, 0.3) is 0 Å². The van der Waals surface area contributed by atoms with Crippen LogP contribution >= 0.6 is 0 Å². The summed E-state index contributed by atoms with van der Waals surface area (Å²) in [6.45, 7) is 4.97. The molecule has 6 aliphatic carbocycles. The van der Waals surface area contributed by atoms with E-state index in [1.807, 2.05) is 0 Å². The highest BCUT2D eigenvalue weighted by Gasteiger charge is 2.43. The molecular weight excluding hydrogens is 753 g/mol. The Hall–Kier alpha value is -5.64. The second kappa shape index (κ2) is 16.4. The summed E-state index contributed by atoms with van der Waals surface area (Å²) in [6.07, 6.45) is 0. The molecule has 6 aromatic rings. The molecule has 7 aliphatic rings. The van der Waals surface area contributed by atoms with Gasteiger partial charge in [0, 0.05) is 23.7 Å². The highest BCUT2D eigenvalue weighted by Crippen LogP contribution is 2.59. The molecule has 8 nitrogen and oxygen atoms in total. The van der Waals surface area contributed by atoms with E-state index in [1.54, 1.807) is 0 Å². The summed E-state index contributed by atoms with van der Waals surface area (Å²) in [7, 11) is 0. The molecule has 0 amide bonds. The fourth-order valence-corrected chi connectivity index (χ4v) is 10.3. The summed E-state index contributed by atoms with van der Waals surface area (Å²) in [5, 5.41) is 0. The average molecular weight is 801 g/mol. The van der Waals surface area contributed by atoms with Crippen LogP contribution in [0.5, 0.6) is 23.0 Å². The quantitative estimate of drug-likeness (QED) is 0.151. The van der Waals surface area contributed by atoms with E-state index in [1.165, 1.54) is 66.8 Å². The standard InChI is InChI=1S/C52H48O8/c1-2-10-34-33(9-1)49-35-11-3-4-12-36(35)50(34)42-30-46-45(29-41(42)49)57-25-21-53-17-18-55-23-27-59-47-31-43-44(32-48(47)60-28-24-56-20-19-54-22-26-58-46)52-39-15-7-5-13-37(39)51(43)38-14-6-8-16-40(38)52/h1-16,29-32,49-52H,17-28H2. The first-order chi connectivity index (χ1) is 29.8. The number of hydrogen-bond acceptors (Lipinski definition) is 8. The Balaban J connectivity index is 0.781. The molecule has 8 heteroatoms. The van der Waals surface area contributed by atoms with Crippen molar-refractivity contribution in [3.8, 4) is 23.0 Å². The summed E-state index contributed by atoms with van der Waals surface area (Å²) >= 11 is 0. The predicted octanol–water partition coefficient (Wildman–Crippen LogP) is 8.96. The summed E-state index contributed by atoms with van der Waals surface area (Å²) in [5.41, 5.74) is 16.0. The number of ether oxygens (including phenoxy) is 8. The zero-order valence-electron chi connectivity index (χ0n) is 33.6. The Morgan fingerprint density at radius 3 is 0.617 bits per heavy atom. The van der Waals surface area contributed by atoms with Gasteiger partial charge in [-0.1, -0.05) is 97.1 Å². The maximum Gasteiger partial charge on any atom is 0.161 e.